The largest absolute Gasteiger partial charge is 0.366 e. The van der Waals surface area contributed by atoms with E-state index in [-0.39, 0.29) is 0 Å². The summed E-state index contributed by atoms with van der Waals surface area (Å²) in [5, 5.41) is 5.21. The van der Waals surface area contributed by atoms with Crippen molar-refractivity contribution in [2.75, 3.05) is 5.32 Å². The number of benzene rings is 1. The van der Waals surface area contributed by atoms with E-state index in [1.807, 2.05) is 6.07 Å². The number of nitrogens with one attached hydrogen (secondary N) is 1. The van der Waals surface area contributed by atoms with Crippen LogP contribution in [0.1, 0.15) is 15.9 Å². The third-order valence-electron chi connectivity index (χ3n) is 3.06. The smallest absolute Gasteiger partial charge is 0.248 e. The van der Waals surface area contributed by atoms with Crippen molar-refractivity contribution in [2.24, 2.45) is 5.73 Å². The summed E-state index contributed by atoms with van der Waals surface area (Å²) in [5.74, 6) is 0.0632. The Balaban J connectivity index is 1.82. The lowest BCUT2D eigenvalue weighted by atomic mass is 10.2. The molecule has 3 aromatic rings. The lowest BCUT2D eigenvalue weighted by Crippen LogP contribution is -2.10. The fraction of sp³-hybridized carbons (Fsp3) is 0.0625. The normalized spacial score (nSPS) is 10.4. The highest BCUT2D eigenvalue weighted by atomic mass is 32.1. The second-order valence-electron chi connectivity index (χ2n) is 4.82. The zero-order valence-corrected chi connectivity index (χ0v) is 12.7. The molecule has 0 atom stereocenters. The van der Waals surface area contributed by atoms with Crippen LogP contribution in [0.2, 0.25) is 0 Å². The van der Waals surface area contributed by atoms with Crippen LogP contribution < -0.4 is 11.1 Å². The molecule has 2 heterocycles. The minimum atomic E-state index is -0.446. The SMILES string of the molecule is Cc1csc(-c2ccnc(Nc3ccc(C(N)=O)cc3)n2)c1. The van der Waals surface area contributed by atoms with Gasteiger partial charge in [0, 0.05) is 17.4 Å². The van der Waals surface area contributed by atoms with Crippen molar-refractivity contribution in [1.82, 2.24) is 9.97 Å². The number of nitrogens with two attached hydrogens (primary N) is 1. The maximum Gasteiger partial charge on any atom is 0.248 e. The second-order valence-corrected chi connectivity index (χ2v) is 5.73. The zero-order chi connectivity index (χ0) is 15.5. The van der Waals surface area contributed by atoms with Crippen LogP contribution in [0.4, 0.5) is 11.6 Å². The average molecular weight is 310 g/mol. The first kappa shape index (κ1) is 14.2. The fourth-order valence-corrected chi connectivity index (χ4v) is 2.84. The third kappa shape index (κ3) is 3.12. The molecule has 2 aromatic heterocycles. The summed E-state index contributed by atoms with van der Waals surface area (Å²) in [4.78, 5) is 20.9. The van der Waals surface area contributed by atoms with Gasteiger partial charge in [-0.25, -0.2) is 9.97 Å². The van der Waals surface area contributed by atoms with Gasteiger partial charge in [0.25, 0.3) is 0 Å². The first-order valence-electron chi connectivity index (χ1n) is 6.67. The van der Waals surface area contributed by atoms with Crippen molar-refractivity contribution in [2.45, 2.75) is 6.92 Å². The Hall–Kier alpha value is -2.73. The minimum absolute atomic E-state index is 0.446. The molecule has 6 heteroatoms. The molecule has 0 saturated heterocycles. The second kappa shape index (κ2) is 5.95. The molecule has 0 aliphatic carbocycles. The van der Waals surface area contributed by atoms with Crippen LogP contribution in [-0.4, -0.2) is 15.9 Å². The lowest BCUT2D eigenvalue weighted by molar-refractivity contribution is 0.100. The summed E-state index contributed by atoms with van der Waals surface area (Å²) >= 11 is 1.65. The van der Waals surface area contributed by atoms with Gasteiger partial charge >= 0.3 is 0 Å². The van der Waals surface area contributed by atoms with E-state index >= 15 is 0 Å². The molecule has 0 bridgehead atoms. The number of rotatable bonds is 4. The number of thiophene rings is 1. The van der Waals surface area contributed by atoms with Gasteiger partial charge in [0.05, 0.1) is 10.6 Å². The maximum absolute atomic E-state index is 11.1. The van der Waals surface area contributed by atoms with Gasteiger partial charge in [0.1, 0.15) is 0 Å². The molecule has 0 aliphatic heterocycles. The topological polar surface area (TPSA) is 80.9 Å². The predicted molar refractivity (Wildman–Crippen MR) is 88.3 cm³/mol. The molecule has 5 nitrogen and oxygen atoms in total. The van der Waals surface area contributed by atoms with Crippen molar-refractivity contribution < 1.29 is 4.79 Å². The maximum atomic E-state index is 11.1. The molecule has 3 N–H and O–H groups in total. The van der Waals surface area contributed by atoms with Crippen molar-refractivity contribution in [1.29, 1.82) is 0 Å². The molecule has 1 aromatic carbocycles. The number of primary amides is 1. The van der Waals surface area contributed by atoms with Crippen molar-refractivity contribution >= 4 is 28.9 Å². The fourth-order valence-electron chi connectivity index (χ4n) is 1.97. The van der Waals surface area contributed by atoms with Crippen LogP contribution in [0.5, 0.6) is 0 Å². The van der Waals surface area contributed by atoms with Gasteiger partial charge in [-0.2, -0.15) is 0 Å². The highest BCUT2D eigenvalue weighted by molar-refractivity contribution is 7.13. The summed E-state index contributed by atoms with van der Waals surface area (Å²) in [6, 6.07) is 10.8. The van der Waals surface area contributed by atoms with Crippen LogP contribution in [0.3, 0.4) is 0 Å². The highest BCUT2D eigenvalue weighted by Crippen LogP contribution is 2.26. The van der Waals surface area contributed by atoms with Gasteiger partial charge in [-0.15, -0.1) is 11.3 Å². The van der Waals surface area contributed by atoms with E-state index in [9.17, 15) is 4.79 Å². The molecule has 0 fully saturated rings. The zero-order valence-electron chi connectivity index (χ0n) is 11.9. The van der Waals surface area contributed by atoms with E-state index in [0.717, 1.165) is 16.3 Å². The van der Waals surface area contributed by atoms with Gasteiger partial charge in [0.15, 0.2) is 0 Å². The van der Waals surface area contributed by atoms with Crippen molar-refractivity contribution in [3.05, 3.63) is 59.1 Å². The molecule has 0 spiro atoms. The van der Waals surface area contributed by atoms with Gasteiger partial charge < -0.3 is 11.1 Å². The molecule has 22 heavy (non-hydrogen) atoms. The van der Waals surface area contributed by atoms with Crippen LogP contribution in [0.15, 0.2) is 48.0 Å². The van der Waals surface area contributed by atoms with Gasteiger partial charge in [0.2, 0.25) is 11.9 Å². The quantitative estimate of drug-likeness (QED) is 0.774. The number of carbonyl (C=O) groups is 1. The van der Waals surface area contributed by atoms with E-state index < -0.39 is 5.91 Å². The number of nitrogens with zero attached hydrogens (tertiary/aromatic N) is 2. The van der Waals surface area contributed by atoms with Crippen LogP contribution in [0.25, 0.3) is 10.6 Å². The van der Waals surface area contributed by atoms with Crippen LogP contribution in [-0.2, 0) is 0 Å². The molecule has 110 valence electrons. The molecular weight excluding hydrogens is 296 g/mol. The van der Waals surface area contributed by atoms with E-state index in [0.29, 0.717) is 11.5 Å². The molecule has 3 rings (SSSR count). The van der Waals surface area contributed by atoms with E-state index in [1.165, 1.54) is 5.56 Å². The number of amides is 1. The Morgan fingerprint density at radius 3 is 2.64 bits per heavy atom. The summed E-state index contributed by atoms with van der Waals surface area (Å²) < 4.78 is 0. The first-order chi connectivity index (χ1) is 10.6. The minimum Gasteiger partial charge on any atom is -0.366 e. The van der Waals surface area contributed by atoms with Crippen LogP contribution in [0, 0.1) is 6.92 Å². The van der Waals surface area contributed by atoms with Crippen molar-refractivity contribution in [3.8, 4) is 10.6 Å². The third-order valence-corrected chi connectivity index (χ3v) is 4.13. The van der Waals surface area contributed by atoms with Gasteiger partial charge in [-0.05, 0) is 54.3 Å². The number of aryl methyl sites for hydroxylation is 1. The number of aromatic nitrogens is 2. The molecule has 0 radical (unpaired) electrons. The first-order valence-corrected chi connectivity index (χ1v) is 7.55. The van der Waals surface area contributed by atoms with Gasteiger partial charge in [-0.1, -0.05) is 0 Å². The Bertz CT molecular complexity index is 811. The molecular formula is C16H14N4OS. The van der Waals surface area contributed by atoms with E-state index in [4.69, 9.17) is 5.73 Å². The standard InChI is InChI=1S/C16H14N4OS/c1-10-8-14(22-9-10)13-6-7-18-16(20-13)19-12-4-2-11(3-5-12)15(17)21/h2-9H,1H3,(H2,17,21)(H,18,19,20). The van der Waals surface area contributed by atoms with Crippen LogP contribution >= 0.6 is 11.3 Å². The molecule has 0 unspecified atom stereocenters. The molecule has 0 saturated carbocycles. The van der Waals surface area contributed by atoms with E-state index in [1.54, 1.807) is 41.8 Å². The number of hydrogen-bond donors (Lipinski definition) is 2. The molecule has 0 aliphatic rings. The number of hydrogen-bond acceptors (Lipinski definition) is 5. The van der Waals surface area contributed by atoms with E-state index in [2.05, 4.69) is 33.7 Å². The lowest BCUT2D eigenvalue weighted by Gasteiger charge is -2.06. The number of carbonyl (C=O) groups excluding carboxylic acids is 1. The van der Waals surface area contributed by atoms with Crippen molar-refractivity contribution in [3.63, 3.8) is 0 Å². The molecule has 1 amide bonds. The summed E-state index contributed by atoms with van der Waals surface area (Å²) in [6.45, 7) is 2.06. The summed E-state index contributed by atoms with van der Waals surface area (Å²) in [5.41, 5.74) is 8.58. The monoisotopic (exact) mass is 310 g/mol. The summed E-state index contributed by atoms with van der Waals surface area (Å²) in [7, 11) is 0. The highest BCUT2D eigenvalue weighted by Gasteiger charge is 2.05. The van der Waals surface area contributed by atoms with Gasteiger partial charge in [-0.3, -0.25) is 4.79 Å². The number of anilines is 2. The Morgan fingerprint density at radius 1 is 1.23 bits per heavy atom. The summed E-state index contributed by atoms with van der Waals surface area (Å²) in [6.07, 6.45) is 1.72. The Labute approximate surface area is 131 Å². The average Bonchev–Trinajstić information content (AvgIpc) is 2.95. The Morgan fingerprint density at radius 2 is 2.00 bits per heavy atom. The Kier molecular flexibility index (Phi) is 3.84. The predicted octanol–water partition coefficient (Wildman–Crippen LogP) is 3.36.